The summed E-state index contributed by atoms with van der Waals surface area (Å²) in [4.78, 5) is 25.0. The number of para-hydroxylation sites is 1. The fourth-order valence-corrected chi connectivity index (χ4v) is 3.43. The first kappa shape index (κ1) is 24.7. The molecule has 0 spiro atoms. The predicted molar refractivity (Wildman–Crippen MR) is 140 cm³/mol. The average molecular weight is 499 g/mol. The Morgan fingerprint density at radius 2 is 1.67 bits per heavy atom. The quantitative estimate of drug-likeness (QED) is 0.135. The van der Waals surface area contributed by atoms with Gasteiger partial charge in [-0.15, -0.1) is 0 Å². The highest BCUT2D eigenvalue weighted by molar-refractivity contribution is 6.30. The van der Waals surface area contributed by atoms with Crippen molar-refractivity contribution in [3.05, 3.63) is 130 Å². The molecule has 4 rings (SSSR count). The van der Waals surface area contributed by atoms with Crippen molar-refractivity contribution in [2.75, 3.05) is 0 Å². The highest BCUT2D eigenvalue weighted by Crippen LogP contribution is 2.20. The van der Waals surface area contributed by atoms with Gasteiger partial charge in [-0.1, -0.05) is 53.6 Å². The van der Waals surface area contributed by atoms with Crippen molar-refractivity contribution in [1.29, 1.82) is 0 Å². The Hall–Kier alpha value is -4.42. The molecule has 1 amide bonds. The second kappa shape index (κ2) is 11.8. The lowest BCUT2D eigenvalue weighted by Gasteiger charge is -2.10. The van der Waals surface area contributed by atoms with Gasteiger partial charge >= 0.3 is 5.97 Å². The highest BCUT2D eigenvalue weighted by atomic mass is 35.5. The van der Waals surface area contributed by atoms with E-state index in [2.05, 4.69) is 10.5 Å². The summed E-state index contributed by atoms with van der Waals surface area (Å²) in [5.41, 5.74) is 6.00. The van der Waals surface area contributed by atoms with Crippen molar-refractivity contribution in [2.45, 2.75) is 13.5 Å². The van der Waals surface area contributed by atoms with Crippen LogP contribution >= 0.6 is 11.6 Å². The van der Waals surface area contributed by atoms with E-state index in [0.29, 0.717) is 34.3 Å². The van der Waals surface area contributed by atoms with Crippen LogP contribution in [0.2, 0.25) is 5.02 Å². The van der Waals surface area contributed by atoms with Gasteiger partial charge in [-0.2, -0.15) is 5.10 Å². The van der Waals surface area contributed by atoms with Gasteiger partial charge in [0.2, 0.25) is 0 Å². The van der Waals surface area contributed by atoms with Gasteiger partial charge in [-0.3, -0.25) is 4.79 Å². The molecule has 4 aromatic carbocycles. The molecule has 0 bridgehead atoms. The van der Waals surface area contributed by atoms with E-state index in [-0.39, 0.29) is 0 Å². The number of nitrogens with zero attached hydrogens (tertiary/aromatic N) is 1. The second-order valence-corrected chi connectivity index (χ2v) is 8.37. The predicted octanol–water partition coefficient (Wildman–Crippen LogP) is 6.21. The highest BCUT2D eigenvalue weighted by Gasteiger charge is 2.12. The lowest BCUT2D eigenvalue weighted by atomic mass is 10.1. The SMILES string of the molecule is Cc1cccc(C(=O)Oc2ccc(/C=N\NC(=O)c3ccccc3OCc3ccc(Cl)cc3)cc2)c1. The van der Waals surface area contributed by atoms with E-state index >= 15 is 0 Å². The molecule has 1 N–H and O–H groups in total. The molecule has 6 nitrogen and oxygen atoms in total. The normalized spacial score (nSPS) is 10.7. The van der Waals surface area contributed by atoms with Crippen LogP contribution in [0.3, 0.4) is 0 Å². The van der Waals surface area contributed by atoms with Crippen molar-refractivity contribution >= 4 is 29.7 Å². The second-order valence-electron chi connectivity index (χ2n) is 7.94. The van der Waals surface area contributed by atoms with Gasteiger partial charge in [0.05, 0.1) is 17.3 Å². The van der Waals surface area contributed by atoms with E-state index in [1.54, 1.807) is 72.8 Å². The molecular weight excluding hydrogens is 476 g/mol. The average Bonchev–Trinajstić information content (AvgIpc) is 2.89. The zero-order valence-electron chi connectivity index (χ0n) is 19.5. The lowest BCUT2D eigenvalue weighted by molar-refractivity contribution is 0.0734. The maximum atomic E-state index is 12.7. The van der Waals surface area contributed by atoms with E-state index in [0.717, 1.165) is 16.7 Å². The maximum Gasteiger partial charge on any atom is 0.343 e. The number of aryl methyl sites for hydroxylation is 1. The number of hydrogen-bond donors (Lipinski definition) is 1. The Kier molecular flexibility index (Phi) is 8.11. The van der Waals surface area contributed by atoms with Gasteiger partial charge < -0.3 is 9.47 Å². The molecule has 0 saturated heterocycles. The van der Waals surface area contributed by atoms with Crippen LogP contribution in [0.15, 0.2) is 102 Å². The van der Waals surface area contributed by atoms with Crippen LogP contribution in [0, 0.1) is 6.92 Å². The van der Waals surface area contributed by atoms with Crippen LogP contribution in [-0.2, 0) is 6.61 Å². The van der Waals surface area contributed by atoms with Gasteiger partial charge in [-0.25, -0.2) is 10.2 Å². The lowest BCUT2D eigenvalue weighted by Crippen LogP contribution is -2.18. The summed E-state index contributed by atoms with van der Waals surface area (Å²) in [6, 6.07) is 28.2. The van der Waals surface area contributed by atoms with Gasteiger partial charge in [0.1, 0.15) is 18.1 Å². The van der Waals surface area contributed by atoms with Crippen LogP contribution in [0.1, 0.15) is 37.4 Å². The van der Waals surface area contributed by atoms with E-state index in [4.69, 9.17) is 21.1 Å². The first-order chi connectivity index (χ1) is 17.5. The van der Waals surface area contributed by atoms with Gasteiger partial charge in [0, 0.05) is 5.02 Å². The topological polar surface area (TPSA) is 77.0 Å². The monoisotopic (exact) mass is 498 g/mol. The molecule has 7 heteroatoms. The number of halogens is 1. The Morgan fingerprint density at radius 3 is 2.42 bits per heavy atom. The molecule has 0 aliphatic heterocycles. The summed E-state index contributed by atoms with van der Waals surface area (Å²) < 4.78 is 11.2. The Morgan fingerprint density at radius 1 is 0.917 bits per heavy atom. The van der Waals surface area contributed by atoms with Crippen LogP contribution in [-0.4, -0.2) is 18.1 Å². The van der Waals surface area contributed by atoms with Gasteiger partial charge in [-0.05, 0) is 78.7 Å². The third kappa shape index (κ3) is 6.81. The van der Waals surface area contributed by atoms with Crippen molar-refractivity contribution in [3.63, 3.8) is 0 Å². The number of hydrogen-bond acceptors (Lipinski definition) is 5. The largest absolute Gasteiger partial charge is 0.488 e. The number of benzene rings is 4. The fraction of sp³-hybridized carbons (Fsp3) is 0.0690. The van der Waals surface area contributed by atoms with Crippen molar-refractivity contribution in [1.82, 2.24) is 5.43 Å². The molecule has 0 aliphatic rings. The Balaban J connectivity index is 1.33. The third-order valence-electron chi connectivity index (χ3n) is 5.16. The number of amides is 1. The summed E-state index contributed by atoms with van der Waals surface area (Å²) in [7, 11) is 0. The summed E-state index contributed by atoms with van der Waals surface area (Å²) in [6.07, 6.45) is 1.50. The number of esters is 1. The third-order valence-corrected chi connectivity index (χ3v) is 5.42. The minimum Gasteiger partial charge on any atom is -0.488 e. The fourth-order valence-electron chi connectivity index (χ4n) is 3.31. The molecule has 0 unspecified atom stereocenters. The molecular formula is C29H23ClN2O4. The maximum absolute atomic E-state index is 12.7. The van der Waals surface area contributed by atoms with E-state index in [9.17, 15) is 9.59 Å². The number of rotatable bonds is 8. The standard InChI is InChI=1S/C29H23ClN2O4/c1-20-5-4-6-23(17-20)29(34)36-25-15-11-21(12-16-25)18-31-32-28(33)26-7-2-3-8-27(26)35-19-22-9-13-24(30)14-10-22/h2-18H,19H2,1H3,(H,32,33)/b31-18-. The number of hydrazone groups is 1. The smallest absolute Gasteiger partial charge is 0.343 e. The van der Waals surface area contributed by atoms with Gasteiger partial charge in [0.25, 0.3) is 5.91 Å². The molecule has 180 valence electrons. The van der Waals surface area contributed by atoms with Crippen LogP contribution in [0.25, 0.3) is 0 Å². The molecule has 0 radical (unpaired) electrons. The van der Waals surface area contributed by atoms with E-state index in [1.165, 1.54) is 6.21 Å². The molecule has 0 saturated carbocycles. The molecule has 0 fully saturated rings. The first-order valence-electron chi connectivity index (χ1n) is 11.2. The molecule has 36 heavy (non-hydrogen) atoms. The molecule has 0 aromatic heterocycles. The summed E-state index contributed by atoms with van der Waals surface area (Å²) in [6.45, 7) is 2.21. The molecule has 0 aliphatic carbocycles. The van der Waals surface area contributed by atoms with Crippen molar-refractivity contribution < 1.29 is 19.1 Å². The molecule has 0 atom stereocenters. The van der Waals surface area contributed by atoms with Crippen LogP contribution in [0.4, 0.5) is 0 Å². The molecule has 4 aromatic rings. The summed E-state index contributed by atoms with van der Waals surface area (Å²) in [5, 5.41) is 4.68. The number of nitrogens with one attached hydrogen (secondary N) is 1. The van der Waals surface area contributed by atoms with E-state index < -0.39 is 11.9 Å². The first-order valence-corrected chi connectivity index (χ1v) is 11.5. The summed E-state index contributed by atoms with van der Waals surface area (Å²) >= 11 is 5.92. The van der Waals surface area contributed by atoms with Crippen LogP contribution < -0.4 is 14.9 Å². The number of carbonyl (C=O) groups excluding carboxylic acids is 2. The summed E-state index contributed by atoms with van der Waals surface area (Å²) in [5.74, 6) is 0.0281. The Labute approximate surface area is 214 Å². The zero-order valence-corrected chi connectivity index (χ0v) is 20.2. The van der Waals surface area contributed by atoms with Gasteiger partial charge in [0.15, 0.2) is 0 Å². The minimum absolute atomic E-state index is 0.297. The number of ether oxygens (including phenoxy) is 2. The molecule has 0 heterocycles. The van der Waals surface area contributed by atoms with Crippen molar-refractivity contribution in [3.8, 4) is 11.5 Å². The number of carbonyl (C=O) groups is 2. The van der Waals surface area contributed by atoms with Crippen molar-refractivity contribution in [2.24, 2.45) is 5.10 Å². The van der Waals surface area contributed by atoms with Crippen LogP contribution in [0.5, 0.6) is 11.5 Å². The van der Waals surface area contributed by atoms with E-state index in [1.807, 2.05) is 31.2 Å². The zero-order chi connectivity index (χ0) is 25.3. The Bertz CT molecular complexity index is 1380. The minimum atomic E-state index is -0.427.